The van der Waals surface area contributed by atoms with Gasteiger partial charge >= 0.3 is 0 Å². The summed E-state index contributed by atoms with van der Waals surface area (Å²) in [5, 5.41) is 13.9. The van der Waals surface area contributed by atoms with Crippen LogP contribution in [0.3, 0.4) is 0 Å². The molecule has 8 heteroatoms. The SMILES string of the molecule is Cl.O=C(NCCCN1CCC(c2ccccc2)CC1)c1ncccc1-c1ccc([N+](=O)[O-])cc1. The van der Waals surface area contributed by atoms with Crippen molar-refractivity contribution in [2.45, 2.75) is 25.2 Å². The zero-order valence-electron chi connectivity index (χ0n) is 18.9. The third kappa shape index (κ3) is 6.40. The molecule has 2 aromatic carbocycles. The average molecular weight is 481 g/mol. The first-order valence-corrected chi connectivity index (χ1v) is 11.4. The molecule has 7 nitrogen and oxygen atoms in total. The van der Waals surface area contributed by atoms with Gasteiger partial charge in [0.2, 0.25) is 0 Å². The first kappa shape index (κ1) is 25.3. The molecule has 0 aliphatic carbocycles. The van der Waals surface area contributed by atoms with Gasteiger partial charge in [0.25, 0.3) is 11.6 Å². The summed E-state index contributed by atoms with van der Waals surface area (Å²) in [7, 11) is 0. The standard InChI is InChI=1S/C26H28N4O3.ClH/c31-26(25-24(8-4-15-27-25)22-9-11-23(12-10-22)30(32)33)28-16-5-17-29-18-13-21(14-19-29)20-6-2-1-3-7-20;/h1-4,6-12,15,21H,5,13-14,16-19H2,(H,28,31);1H. The minimum absolute atomic E-state index is 0. The summed E-state index contributed by atoms with van der Waals surface area (Å²) in [6.45, 7) is 3.70. The number of hydrogen-bond donors (Lipinski definition) is 1. The maximum Gasteiger partial charge on any atom is 0.270 e. The van der Waals surface area contributed by atoms with Gasteiger partial charge in [0.05, 0.1) is 4.92 Å². The van der Waals surface area contributed by atoms with Gasteiger partial charge in [-0.05, 0) is 74.1 Å². The fourth-order valence-electron chi connectivity index (χ4n) is 4.39. The van der Waals surface area contributed by atoms with E-state index in [0.29, 0.717) is 23.7 Å². The smallest absolute Gasteiger partial charge is 0.270 e. The van der Waals surface area contributed by atoms with Gasteiger partial charge in [-0.3, -0.25) is 19.9 Å². The van der Waals surface area contributed by atoms with Gasteiger partial charge in [-0.1, -0.05) is 36.4 Å². The highest BCUT2D eigenvalue weighted by Crippen LogP contribution is 2.28. The number of benzene rings is 2. The van der Waals surface area contributed by atoms with E-state index in [0.717, 1.165) is 31.6 Å². The Bertz CT molecular complexity index is 1080. The minimum atomic E-state index is -0.440. The molecule has 34 heavy (non-hydrogen) atoms. The zero-order valence-corrected chi connectivity index (χ0v) is 19.7. The van der Waals surface area contributed by atoms with Crippen molar-refractivity contribution in [1.82, 2.24) is 15.2 Å². The van der Waals surface area contributed by atoms with E-state index >= 15 is 0 Å². The molecule has 0 bridgehead atoms. The predicted molar refractivity (Wildman–Crippen MR) is 135 cm³/mol. The Kier molecular flexibility index (Phi) is 9.13. The lowest BCUT2D eigenvalue weighted by Crippen LogP contribution is -2.35. The van der Waals surface area contributed by atoms with Gasteiger partial charge in [0.15, 0.2) is 0 Å². The Morgan fingerprint density at radius 2 is 1.74 bits per heavy atom. The van der Waals surface area contributed by atoms with E-state index in [1.807, 2.05) is 0 Å². The molecule has 1 amide bonds. The van der Waals surface area contributed by atoms with Crippen molar-refractivity contribution in [3.8, 4) is 11.1 Å². The molecule has 1 saturated heterocycles. The van der Waals surface area contributed by atoms with Crippen molar-refractivity contribution < 1.29 is 9.72 Å². The lowest BCUT2D eigenvalue weighted by molar-refractivity contribution is -0.384. The van der Waals surface area contributed by atoms with Crippen LogP contribution in [-0.2, 0) is 0 Å². The molecule has 0 unspecified atom stereocenters. The second kappa shape index (κ2) is 12.3. The van der Waals surface area contributed by atoms with Crippen LogP contribution >= 0.6 is 12.4 Å². The van der Waals surface area contributed by atoms with Crippen LogP contribution in [0.5, 0.6) is 0 Å². The second-order valence-electron chi connectivity index (χ2n) is 8.34. The van der Waals surface area contributed by atoms with Crippen molar-refractivity contribution in [1.29, 1.82) is 0 Å². The molecule has 0 spiro atoms. The lowest BCUT2D eigenvalue weighted by atomic mass is 9.89. The Balaban J connectivity index is 0.00000324. The number of rotatable bonds is 8. The van der Waals surface area contributed by atoms with Gasteiger partial charge in [-0.15, -0.1) is 12.4 Å². The zero-order chi connectivity index (χ0) is 23.0. The van der Waals surface area contributed by atoms with E-state index in [1.54, 1.807) is 30.5 Å². The van der Waals surface area contributed by atoms with Crippen LogP contribution in [0.15, 0.2) is 72.9 Å². The summed E-state index contributed by atoms with van der Waals surface area (Å²) in [5.41, 5.74) is 3.16. The van der Waals surface area contributed by atoms with Crippen molar-refractivity contribution in [3.63, 3.8) is 0 Å². The highest BCUT2D eigenvalue weighted by molar-refractivity contribution is 5.98. The van der Waals surface area contributed by atoms with Crippen LogP contribution in [0.1, 0.15) is 41.2 Å². The third-order valence-corrected chi connectivity index (χ3v) is 6.21. The molecule has 1 N–H and O–H groups in total. The summed E-state index contributed by atoms with van der Waals surface area (Å²) in [6.07, 6.45) is 4.80. The summed E-state index contributed by atoms with van der Waals surface area (Å²) >= 11 is 0. The maximum atomic E-state index is 12.8. The molecule has 0 saturated carbocycles. The molecule has 1 fully saturated rings. The van der Waals surface area contributed by atoms with E-state index in [-0.39, 0.29) is 24.0 Å². The molecular weight excluding hydrogens is 452 g/mol. The van der Waals surface area contributed by atoms with Gasteiger partial charge < -0.3 is 10.2 Å². The fraction of sp³-hybridized carbons (Fsp3) is 0.308. The quantitative estimate of drug-likeness (QED) is 0.276. The number of hydrogen-bond acceptors (Lipinski definition) is 5. The summed E-state index contributed by atoms with van der Waals surface area (Å²) in [5.74, 6) is 0.413. The Morgan fingerprint density at radius 3 is 2.41 bits per heavy atom. The summed E-state index contributed by atoms with van der Waals surface area (Å²) in [4.78, 5) is 30.0. The summed E-state index contributed by atoms with van der Waals surface area (Å²) in [6, 6.07) is 20.4. The van der Waals surface area contributed by atoms with Crippen LogP contribution < -0.4 is 5.32 Å². The molecule has 1 aliphatic rings. The van der Waals surface area contributed by atoms with Gasteiger partial charge in [0, 0.05) is 30.4 Å². The van der Waals surface area contributed by atoms with E-state index in [1.165, 1.54) is 30.5 Å². The normalized spacial score (nSPS) is 14.2. The number of amides is 1. The van der Waals surface area contributed by atoms with E-state index in [9.17, 15) is 14.9 Å². The number of piperidine rings is 1. The molecule has 4 rings (SSSR count). The number of likely N-dealkylation sites (tertiary alicyclic amines) is 1. The molecule has 3 aromatic rings. The van der Waals surface area contributed by atoms with E-state index in [2.05, 4.69) is 45.5 Å². The number of carbonyl (C=O) groups excluding carboxylic acids is 1. The van der Waals surface area contributed by atoms with Crippen molar-refractivity contribution in [3.05, 3.63) is 94.3 Å². The lowest BCUT2D eigenvalue weighted by Gasteiger charge is -2.32. The molecule has 1 aliphatic heterocycles. The number of aromatic nitrogens is 1. The van der Waals surface area contributed by atoms with Crippen molar-refractivity contribution in [2.75, 3.05) is 26.2 Å². The number of nitro groups is 1. The predicted octanol–water partition coefficient (Wildman–Crippen LogP) is 5.08. The van der Waals surface area contributed by atoms with Gasteiger partial charge in [-0.2, -0.15) is 0 Å². The highest BCUT2D eigenvalue weighted by Gasteiger charge is 2.20. The van der Waals surface area contributed by atoms with Crippen LogP contribution in [-0.4, -0.2) is 46.9 Å². The molecule has 1 aromatic heterocycles. The first-order chi connectivity index (χ1) is 16.1. The fourth-order valence-corrected chi connectivity index (χ4v) is 4.39. The summed E-state index contributed by atoms with van der Waals surface area (Å²) < 4.78 is 0. The molecule has 2 heterocycles. The molecule has 0 radical (unpaired) electrons. The number of carbonyl (C=O) groups is 1. The van der Waals surface area contributed by atoms with Crippen LogP contribution in [0.25, 0.3) is 11.1 Å². The number of non-ortho nitro benzene ring substituents is 1. The van der Waals surface area contributed by atoms with Gasteiger partial charge in [0.1, 0.15) is 5.69 Å². The number of nitro benzene ring substituents is 1. The van der Waals surface area contributed by atoms with Crippen molar-refractivity contribution in [2.24, 2.45) is 0 Å². The van der Waals surface area contributed by atoms with E-state index < -0.39 is 4.92 Å². The van der Waals surface area contributed by atoms with Crippen LogP contribution in [0, 0.1) is 10.1 Å². The van der Waals surface area contributed by atoms with Crippen LogP contribution in [0.2, 0.25) is 0 Å². The topological polar surface area (TPSA) is 88.4 Å². The number of nitrogens with zero attached hydrogens (tertiary/aromatic N) is 3. The highest BCUT2D eigenvalue weighted by atomic mass is 35.5. The van der Waals surface area contributed by atoms with Crippen LogP contribution in [0.4, 0.5) is 5.69 Å². The largest absolute Gasteiger partial charge is 0.351 e. The minimum Gasteiger partial charge on any atom is -0.351 e. The third-order valence-electron chi connectivity index (χ3n) is 6.21. The number of nitrogens with one attached hydrogen (secondary N) is 1. The molecular formula is C26H29ClN4O3. The van der Waals surface area contributed by atoms with E-state index in [4.69, 9.17) is 0 Å². The average Bonchev–Trinajstić information content (AvgIpc) is 2.87. The number of pyridine rings is 1. The molecule has 178 valence electrons. The Hall–Kier alpha value is -3.29. The monoisotopic (exact) mass is 480 g/mol. The van der Waals surface area contributed by atoms with Gasteiger partial charge in [-0.25, -0.2) is 0 Å². The maximum absolute atomic E-state index is 12.8. The second-order valence-corrected chi connectivity index (χ2v) is 8.34. The Morgan fingerprint density at radius 1 is 1.03 bits per heavy atom. The number of halogens is 1. The molecule has 0 atom stereocenters. The first-order valence-electron chi connectivity index (χ1n) is 11.4. The van der Waals surface area contributed by atoms with Crippen molar-refractivity contribution >= 4 is 24.0 Å². The Labute approximate surface area is 205 Å².